The average Bonchev–Trinajstić information content (AvgIpc) is 2.84. The third-order valence-electron chi connectivity index (χ3n) is 3.15. The van der Waals surface area contributed by atoms with Gasteiger partial charge in [-0.2, -0.15) is 0 Å². The highest BCUT2D eigenvalue weighted by Crippen LogP contribution is 2.35. The Balaban J connectivity index is 0.00000147. The van der Waals surface area contributed by atoms with Crippen molar-refractivity contribution in [2.75, 3.05) is 6.79 Å². The number of hydrogen-bond donors (Lipinski definition) is 1. The molecular formula is C13H13NO6. The maximum atomic E-state index is 12.1. The molecule has 0 atom stereocenters. The van der Waals surface area contributed by atoms with Gasteiger partial charge in [-0.05, 0) is 13.0 Å². The highest BCUT2D eigenvalue weighted by Gasteiger charge is 2.20. The van der Waals surface area contributed by atoms with Gasteiger partial charge in [-0.25, -0.2) is 4.79 Å². The minimum absolute atomic E-state index is 0. The summed E-state index contributed by atoms with van der Waals surface area (Å²) in [5, 5.41) is 9.39. The van der Waals surface area contributed by atoms with Crippen LogP contribution in [0.4, 0.5) is 0 Å². The zero-order chi connectivity index (χ0) is 13.6. The van der Waals surface area contributed by atoms with E-state index in [1.165, 1.54) is 6.20 Å². The van der Waals surface area contributed by atoms with Gasteiger partial charge in [0.25, 0.3) is 0 Å². The van der Waals surface area contributed by atoms with Gasteiger partial charge in [-0.1, -0.05) is 0 Å². The molecule has 0 saturated heterocycles. The van der Waals surface area contributed by atoms with E-state index < -0.39 is 11.4 Å². The molecule has 7 nitrogen and oxygen atoms in total. The van der Waals surface area contributed by atoms with Crippen LogP contribution in [0, 0.1) is 0 Å². The molecule has 1 aliphatic heterocycles. The van der Waals surface area contributed by atoms with E-state index in [1.807, 2.05) is 6.92 Å². The van der Waals surface area contributed by atoms with Crippen molar-refractivity contribution in [3.8, 4) is 11.5 Å². The molecule has 0 saturated carbocycles. The Labute approximate surface area is 113 Å². The van der Waals surface area contributed by atoms with Gasteiger partial charge in [0.15, 0.2) is 11.5 Å². The van der Waals surface area contributed by atoms with E-state index in [0.29, 0.717) is 28.9 Å². The molecule has 1 aliphatic rings. The van der Waals surface area contributed by atoms with Crippen LogP contribution < -0.4 is 14.9 Å². The van der Waals surface area contributed by atoms with Crippen molar-refractivity contribution in [1.29, 1.82) is 0 Å². The first-order chi connectivity index (χ1) is 9.11. The Hall–Kier alpha value is -2.54. The van der Waals surface area contributed by atoms with Gasteiger partial charge in [0.2, 0.25) is 12.2 Å². The Bertz CT molecular complexity index is 749. The first-order valence-corrected chi connectivity index (χ1v) is 5.82. The molecular weight excluding hydrogens is 266 g/mol. The maximum Gasteiger partial charge on any atom is 0.341 e. The summed E-state index contributed by atoms with van der Waals surface area (Å²) in [5.74, 6) is -0.196. The van der Waals surface area contributed by atoms with Crippen LogP contribution in [0.2, 0.25) is 0 Å². The fourth-order valence-corrected chi connectivity index (χ4v) is 2.19. The van der Waals surface area contributed by atoms with Crippen LogP contribution in [0.1, 0.15) is 17.3 Å². The van der Waals surface area contributed by atoms with E-state index in [0.717, 1.165) is 0 Å². The van der Waals surface area contributed by atoms with Crippen molar-refractivity contribution in [3.05, 3.63) is 34.1 Å². The summed E-state index contributed by atoms with van der Waals surface area (Å²) in [5.41, 5.74) is -0.111. The Kier molecular flexibility index (Phi) is 3.37. The van der Waals surface area contributed by atoms with Crippen LogP contribution in [0.25, 0.3) is 10.9 Å². The number of pyridine rings is 1. The summed E-state index contributed by atoms with van der Waals surface area (Å²) in [6.45, 7) is 2.54. The second-order valence-corrected chi connectivity index (χ2v) is 4.19. The van der Waals surface area contributed by atoms with Crippen molar-refractivity contribution < 1.29 is 24.9 Å². The number of carboxylic acids is 1. The molecule has 106 valence electrons. The third-order valence-corrected chi connectivity index (χ3v) is 3.15. The number of hydrogen-bond acceptors (Lipinski definition) is 4. The van der Waals surface area contributed by atoms with E-state index in [-0.39, 0.29) is 17.8 Å². The van der Waals surface area contributed by atoms with Crippen molar-refractivity contribution >= 4 is 16.9 Å². The number of rotatable bonds is 2. The Morgan fingerprint density at radius 1 is 1.35 bits per heavy atom. The second kappa shape index (κ2) is 4.86. The molecule has 0 fully saturated rings. The van der Waals surface area contributed by atoms with Crippen molar-refractivity contribution in [2.45, 2.75) is 13.5 Å². The van der Waals surface area contributed by atoms with Crippen molar-refractivity contribution in [3.63, 3.8) is 0 Å². The lowest BCUT2D eigenvalue weighted by molar-refractivity contribution is 0.0695. The molecule has 7 heteroatoms. The highest BCUT2D eigenvalue weighted by atomic mass is 16.7. The van der Waals surface area contributed by atoms with Gasteiger partial charge in [-0.3, -0.25) is 4.79 Å². The summed E-state index contributed by atoms with van der Waals surface area (Å²) >= 11 is 0. The first-order valence-electron chi connectivity index (χ1n) is 5.82. The van der Waals surface area contributed by atoms with Crippen LogP contribution in [0.15, 0.2) is 23.1 Å². The van der Waals surface area contributed by atoms with Crippen LogP contribution in [0.5, 0.6) is 11.5 Å². The number of carboxylic acid groups (broad SMARTS) is 1. The predicted octanol–water partition coefficient (Wildman–Crippen LogP) is 0.624. The number of fused-ring (bicyclic) bond motifs is 2. The van der Waals surface area contributed by atoms with Gasteiger partial charge in [0.1, 0.15) is 5.56 Å². The van der Waals surface area contributed by atoms with Gasteiger partial charge in [-0.15, -0.1) is 0 Å². The molecule has 20 heavy (non-hydrogen) atoms. The standard InChI is InChI=1S/C13H11NO5.H2O/c1-2-14-5-8(13(16)17)12(15)7-3-10-11(4-9(7)14)19-6-18-10;/h3-5H,2,6H2,1H3,(H,16,17);1H2. The molecule has 3 N–H and O–H groups in total. The number of nitrogens with zero attached hydrogens (tertiary/aromatic N) is 1. The van der Waals surface area contributed by atoms with Crippen LogP contribution >= 0.6 is 0 Å². The number of aromatic carboxylic acids is 1. The van der Waals surface area contributed by atoms with Crippen molar-refractivity contribution in [2.24, 2.45) is 0 Å². The zero-order valence-electron chi connectivity index (χ0n) is 10.7. The third kappa shape index (κ3) is 1.88. The highest BCUT2D eigenvalue weighted by molar-refractivity contribution is 5.93. The minimum Gasteiger partial charge on any atom is -0.477 e. The van der Waals surface area contributed by atoms with E-state index in [1.54, 1.807) is 16.7 Å². The fourth-order valence-electron chi connectivity index (χ4n) is 2.19. The van der Waals surface area contributed by atoms with E-state index in [9.17, 15) is 9.59 Å². The monoisotopic (exact) mass is 279 g/mol. The van der Waals surface area contributed by atoms with Gasteiger partial charge >= 0.3 is 5.97 Å². The molecule has 2 aromatic rings. The summed E-state index contributed by atoms with van der Waals surface area (Å²) in [7, 11) is 0. The lowest BCUT2D eigenvalue weighted by Gasteiger charge is -2.10. The smallest absolute Gasteiger partial charge is 0.341 e. The lowest BCUT2D eigenvalue weighted by atomic mass is 10.1. The van der Waals surface area contributed by atoms with Crippen LogP contribution in [-0.4, -0.2) is 27.9 Å². The molecule has 0 bridgehead atoms. The van der Waals surface area contributed by atoms with E-state index in [4.69, 9.17) is 14.6 Å². The zero-order valence-corrected chi connectivity index (χ0v) is 10.7. The van der Waals surface area contributed by atoms with Gasteiger partial charge in [0.05, 0.1) is 10.9 Å². The number of ether oxygens (including phenoxy) is 2. The van der Waals surface area contributed by atoms with Crippen molar-refractivity contribution in [1.82, 2.24) is 4.57 Å². The van der Waals surface area contributed by atoms with Crippen LogP contribution in [-0.2, 0) is 6.54 Å². The molecule has 2 heterocycles. The average molecular weight is 279 g/mol. The largest absolute Gasteiger partial charge is 0.477 e. The molecule has 0 spiro atoms. The SMILES string of the molecule is CCn1cc(C(=O)O)c(=O)c2cc3c(cc21)OCO3.O. The molecule has 0 unspecified atom stereocenters. The molecule has 0 radical (unpaired) electrons. The Morgan fingerprint density at radius 3 is 2.60 bits per heavy atom. The minimum atomic E-state index is -1.23. The molecule has 3 rings (SSSR count). The summed E-state index contributed by atoms with van der Waals surface area (Å²) in [4.78, 5) is 23.2. The topological polar surface area (TPSA) is 109 Å². The van der Waals surface area contributed by atoms with Gasteiger partial charge in [0, 0.05) is 18.8 Å². The first kappa shape index (κ1) is 13.9. The molecule has 1 aromatic heterocycles. The van der Waals surface area contributed by atoms with E-state index in [2.05, 4.69) is 0 Å². The van der Waals surface area contributed by atoms with E-state index >= 15 is 0 Å². The van der Waals surface area contributed by atoms with Gasteiger partial charge < -0.3 is 24.6 Å². The predicted molar refractivity (Wildman–Crippen MR) is 70.6 cm³/mol. The number of aromatic nitrogens is 1. The number of benzene rings is 1. The molecule has 1 aromatic carbocycles. The molecule has 0 amide bonds. The second-order valence-electron chi connectivity index (χ2n) is 4.19. The fraction of sp³-hybridized carbons (Fsp3) is 0.231. The summed E-state index contributed by atoms with van der Waals surface area (Å²) in [6.07, 6.45) is 1.36. The Morgan fingerprint density at radius 2 is 2.00 bits per heavy atom. The number of carbonyl (C=O) groups is 1. The normalized spacial score (nSPS) is 12.2. The lowest BCUT2D eigenvalue weighted by Crippen LogP contribution is -2.18. The number of aryl methyl sites for hydroxylation is 1. The summed E-state index contributed by atoms with van der Waals surface area (Å²) < 4.78 is 12.2. The maximum absolute atomic E-state index is 12.1. The quantitative estimate of drug-likeness (QED) is 0.866. The summed E-state index contributed by atoms with van der Waals surface area (Å²) in [6, 6.07) is 3.24. The molecule has 0 aliphatic carbocycles. The van der Waals surface area contributed by atoms with Crippen LogP contribution in [0.3, 0.4) is 0 Å².